The summed E-state index contributed by atoms with van der Waals surface area (Å²) in [5, 5.41) is 5.71. The molecular weight excluding hydrogens is 445 g/mol. The molecule has 3 aromatic carbocycles. The molecule has 0 aromatic heterocycles. The predicted octanol–water partition coefficient (Wildman–Crippen LogP) is 5.94. The molecule has 0 radical (unpaired) electrons. The van der Waals surface area contributed by atoms with Gasteiger partial charge in [0.25, 0.3) is 11.8 Å². The molecule has 32 heavy (non-hydrogen) atoms. The molecule has 2 N–H and O–H groups in total. The number of amides is 2. The van der Waals surface area contributed by atoms with Crippen molar-refractivity contribution >= 4 is 34.8 Å². The summed E-state index contributed by atoms with van der Waals surface area (Å²) in [7, 11) is 0. The van der Waals surface area contributed by atoms with Crippen LogP contribution >= 0.6 is 11.6 Å². The van der Waals surface area contributed by atoms with Gasteiger partial charge in [-0.15, -0.1) is 0 Å². The zero-order chi connectivity index (χ0) is 23.3. The highest BCUT2D eigenvalue weighted by molar-refractivity contribution is 6.30. The zero-order valence-corrected chi connectivity index (χ0v) is 17.6. The van der Waals surface area contributed by atoms with Crippen LogP contribution in [0.25, 0.3) is 0 Å². The Morgan fingerprint density at radius 1 is 0.969 bits per heavy atom. The first-order valence-electron chi connectivity index (χ1n) is 9.39. The molecule has 0 atom stereocenters. The lowest BCUT2D eigenvalue weighted by Crippen LogP contribution is -2.20. The number of carbonyl (C=O) groups is 2. The highest BCUT2D eigenvalue weighted by Crippen LogP contribution is 2.30. The van der Waals surface area contributed by atoms with Crippen molar-refractivity contribution in [3.8, 4) is 5.75 Å². The van der Waals surface area contributed by atoms with E-state index in [4.69, 9.17) is 16.3 Å². The molecule has 0 spiro atoms. The maximum Gasteiger partial charge on any atom is 0.416 e. The molecule has 3 aromatic rings. The zero-order valence-electron chi connectivity index (χ0n) is 16.8. The van der Waals surface area contributed by atoms with E-state index in [-0.39, 0.29) is 11.6 Å². The number of aryl methyl sites for hydroxylation is 1. The molecule has 0 aliphatic heterocycles. The van der Waals surface area contributed by atoms with Gasteiger partial charge in [-0.2, -0.15) is 13.2 Å². The monoisotopic (exact) mass is 462 g/mol. The van der Waals surface area contributed by atoms with E-state index in [1.165, 1.54) is 36.4 Å². The van der Waals surface area contributed by atoms with E-state index in [1.54, 1.807) is 18.2 Å². The summed E-state index contributed by atoms with van der Waals surface area (Å²) in [4.78, 5) is 24.4. The van der Waals surface area contributed by atoms with E-state index in [2.05, 4.69) is 10.6 Å². The summed E-state index contributed by atoms with van der Waals surface area (Å²) < 4.78 is 43.6. The molecule has 0 saturated heterocycles. The van der Waals surface area contributed by atoms with Crippen LogP contribution in [-0.4, -0.2) is 18.4 Å². The molecule has 3 rings (SSSR count). The fourth-order valence-electron chi connectivity index (χ4n) is 2.78. The number of hydrogen-bond donors (Lipinski definition) is 2. The Bertz CT molecular complexity index is 1130. The number of carbonyl (C=O) groups excluding carboxylic acids is 2. The summed E-state index contributed by atoms with van der Waals surface area (Å²) in [6, 6.07) is 15.5. The first-order valence-corrected chi connectivity index (χ1v) is 9.77. The number of hydrogen-bond acceptors (Lipinski definition) is 3. The minimum atomic E-state index is -4.50. The van der Waals surface area contributed by atoms with Gasteiger partial charge in [0.15, 0.2) is 6.61 Å². The molecule has 0 aliphatic rings. The quantitative estimate of drug-likeness (QED) is 0.476. The normalized spacial score (nSPS) is 11.0. The third-order valence-corrected chi connectivity index (χ3v) is 4.63. The van der Waals surface area contributed by atoms with Crippen molar-refractivity contribution in [2.45, 2.75) is 13.1 Å². The summed E-state index contributed by atoms with van der Waals surface area (Å²) >= 11 is 5.91. The van der Waals surface area contributed by atoms with Crippen LogP contribution in [0.2, 0.25) is 5.02 Å². The first-order chi connectivity index (χ1) is 15.1. The third kappa shape index (κ3) is 6.24. The Hall–Kier alpha value is -3.52. The van der Waals surface area contributed by atoms with Gasteiger partial charge in [0, 0.05) is 22.0 Å². The Balaban J connectivity index is 1.54. The van der Waals surface area contributed by atoms with Crippen molar-refractivity contribution in [1.82, 2.24) is 0 Å². The minimum absolute atomic E-state index is 0.0120. The largest absolute Gasteiger partial charge is 0.484 e. The van der Waals surface area contributed by atoms with Gasteiger partial charge in [-0.25, -0.2) is 0 Å². The highest BCUT2D eigenvalue weighted by atomic mass is 35.5. The smallest absolute Gasteiger partial charge is 0.416 e. The molecule has 9 heteroatoms. The van der Waals surface area contributed by atoms with Gasteiger partial charge in [-0.05, 0) is 73.2 Å². The summed E-state index contributed by atoms with van der Waals surface area (Å²) in [6.07, 6.45) is -4.50. The van der Waals surface area contributed by atoms with Gasteiger partial charge in [0.1, 0.15) is 5.75 Å². The van der Waals surface area contributed by atoms with Crippen molar-refractivity contribution in [2.75, 3.05) is 17.2 Å². The molecule has 0 heterocycles. The van der Waals surface area contributed by atoms with Gasteiger partial charge >= 0.3 is 6.18 Å². The second kappa shape index (κ2) is 9.74. The second-order valence-corrected chi connectivity index (χ2v) is 7.29. The summed E-state index contributed by atoms with van der Waals surface area (Å²) in [5.74, 6) is -0.628. The first kappa shape index (κ1) is 23.1. The van der Waals surface area contributed by atoms with E-state index in [9.17, 15) is 22.8 Å². The number of ether oxygens (including phenoxy) is 1. The molecule has 0 unspecified atom stereocenters. The van der Waals surface area contributed by atoms with Crippen molar-refractivity contribution in [2.24, 2.45) is 0 Å². The maximum absolute atomic E-state index is 12.8. The lowest BCUT2D eigenvalue weighted by molar-refractivity contribution is -0.137. The van der Waals surface area contributed by atoms with Crippen molar-refractivity contribution < 1.29 is 27.5 Å². The molecule has 2 amide bonds. The Morgan fingerprint density at radius 2 is 1.69 bits per heavy atom. The van der Waals surface area contributed by atoms with Crippen LogP contribution < -0.4 is 15.4 Å². The number of halogens is 4. The molecule has 166 valence electrons. The molecule has 0 aliphatic carbocycles. The van der Waals surface area contributed by atoms with Gasteiger partial charge < -0.3 is 15.4 Å². The number of benzene rings is 3. The molecule has 0 bridgehead atoms. The van der Waals surface area contributed by atoms with Crippen molar-refractivity contribution in [1.29, 1.82) is 0 Å². The van der Waals surface area contributed by atoms with Crippen LogP contribution in [0.5, 0.6) is 5.75 Å². The lowest BCUT2D eigenvalue weighted by Gasteiger charge is -2.11. The lowest BCUT2D eigenvalue weighted by atomic mass is 10.1. The van der Waals surface area contributed by atoms with Crippen molar-refractivity contribution in [3.63, 3.8) is 0 Å². The van der Waals surface area contributed by atoms with E-state index in [0.717, 1.165) is 17.7 Å². The summed E-state index contributed by atoms with van der Waals surface area (Å²) in [6.45, 7) is 1.41. The molecule has 0 saturated carbocycles. The van der Waals surface area contributed by atoms with E-state index >= 15 is 0 Å². The second-order valence-electron chi connectivity index (χ2n) is 6.85. The number of rotatable bonds is 6. The van der Waals surface area contributed by atoms with Crippen LogP contribution in [0, 0.1) is 6.92 Å². The standard InChI is InChI=1S/C23H18ClF3N2O3/c1-14-11-17(24)7-10-20(14)29-22(31)15-5-8-19(9-6-15)32-13-21(30)28-18-4-2-3-16(12-18)23(25,26)27/h2-12H,13H2,1H3,(H,28,30)(H,29,31). The Kier molecular flexibility index (Phi) is 7.05. The predicted molar refractivity (Wildman–Crippen MR) is 116 cm³/mol. The Morgan fingerprint density at radius 3 is 2.34 bits per heavy atom. The topological polar surface area (TPSA) is 67.4 Å². The van der Waals surface area contributed by atoms with E-state index < -0.39 is 24.3 Å². The molecule has 0 fully saturated rings. The van der Waals surface area contributed by atoms with Crippen LogP contribution in [-0.2, 0) is 11.0 Å². The average molecular weight is 463 g/mol. The van der Waals surface area contributed by atoms with Crippen LogP contribution in [0.3, 0.4) is 0 Å². The van der Waals surface area contributed by atoms with Crippen LogP contribution in [0.15, 0.2) is 66.7 Å². The van der Waals surface area contributed by atoms with Gasteiger partial charge in [0.05, 0.1) is 5.56 Å². The fourth-order valence-corrected chi connectivity index (χ4v) is 3.01. The molecule has 5 nitrogen and oxygen atoms in total. The van der Waals surface area contributed by atoms with Gasteiger partial charge in [0.2, 0.25) is 0 Å². The number of alkyl halides is 3. The van der Waals surface area contributed by atoms with Gasteiger partial charge in [-0.1, -0.05) is 17.7 Å². The van der Waals surface area contributed by atoms with Gasteiger partial charge in [-0.3, -0.25) is 9.59 Å². The third-order valence-electron chi connectivity index (χ3n) is 4.40. The number of anilines is 2. The van der Waals surface area contributed by atoms with Crippen molar-refractivity contribution in [3.05, 3.63) is 88.4 Å². The molecular formula is C23H18ClF3N2O3. The maximum atomic E-state index is 12.8. The Labute approximate surface area is 187 Å². The van der Waals surface area contributed by atoms with E-state index in [1.807, 2.05) is 6.92 Å². The average Bonchev–Trinajstić information content (AvgIpc) is 2.74. The minimum Gasteiger partial charge on any atom is -0.484 e. The summed E-state index contributed by atoms with van der Waals surface area (Å²) in [5.41, 5.74) is 0.973. The number of nitrogens with one attached hydrogen (secondary N) is 2. The van der Waals surface area contributed by atoms with Crippen LogP contribution in [0.1, 0.15) is 21.5 Å². The fraction of sp³-hybridized carbons (Fsp3) is 0.130. The SMILES string of the molecule is Cc1cc(Cl)ccc1NC(=O)c1ccc(OCC(=O)Nc2cccc(C(F)(F)F)c2)cc1. The van der Waals surface area contributed by atoms with E-state index in [0.29, 0.717) is 22.0 Å². The highest BCUT2D eigenvalue weighted by Gasteiger charge is 2.30. The van der Waals surface area contributed by atoms with Crippen LogP contribution in [0.4, 0.5) is 24.5 Å².